The largest absolute Gasteiger partial charge is 0.493 e. The van der Waals surface area contributed by atoms with E-state index in [1.807, 2.05) is 12.1 Å². The standard InChI is InChI=1S/C39H45Cl3N2O5/c1-26-29(8-5-9-34(26)35-10-6-11-37(27(35)2)47-15-7-14-44-12-3-4-13-44)25-49-39-20-38(48-24-28-16-31(40)19-32(41)17-28)30(18-36(39)42)21-43-33(22-45)23-46/h5-6,8-11,16-20,33,43,45-46H,3-4,7,12-15,21-25H2,1-2H3. The van der Waals surface area contributed by atoms with Crippen LogP contribution in [0.3, 0.4) is 0 Å². The minimum atomic E-state index is -0.486. The molecule has 0 bridgehead atoms. The van der Waals surface area contributed by atoms with Crippen LogP contribution in [-0.2, 0) is 19.8 Å². The molecule has 0 amide bonds. The van der Waals surface area contributed by atoms with Gasteiger partial charge in [-0.1, -0.05) is 65.1 Å². The first-order valence-corrected chi connectivity index (χ1v) is 17.9. The first kappa shape index (κ1) is 37.3. The van der Waals surface area contributed by atoms with E-state index >= 15 is 0 Å². The first-order valence-electron chi connectivity index (χ1n) is 16.8. The third-order valence-electron chi connectivity index (χ3n) is 8.93. The van der Waals surface area contributed by atoms with Gasteiger partial charge in [-0.2, -0.15) is 0 Å². The zero-order valence-corrected chi connectivity index (χ0v) is 30.4. The van der Waals surface area contributed by atoms with Gasteiger partial charge in [0.1, 0.15) is 30.5 Å². The quantitative estimate of drug-likeness (QED) is 0.0943. The number of aliphatic hydroxyl groups is 2. The van der Waals surface area contributed by atoms with Crippen molar-refractivity contribution in [3.05, 3.63) is 110 Å². The number of hydrogen-bond acceptors (Lipinski definition) is 7. The molecule has 262 valence electrons. The van der Waals surface area contributed by atoms with E-state index in [4.69, 9.17) is 49.0 Å². The van der Waals surface area contributed by atoms with Crippen molar-refractivity contribution in [2.45, 2.75) is 58.9 Å². The van der Waals surface area contributed by atoms with Crippen molar-refractivity contribution in [1.82, 2.24) is 10.2 Å². The highest BCUT2D eigenvalue weighted by Crippen LogP contribution is 2.36. The summed E-state index contributed by atoms with van der Waals surface area (Å²) < 4.78 is 18.8. The number of likely N-dealkylation sites (tertiary alicyclic amines) is 1. The number of hydrogen-bond donors (Lipinski definition) is 3. The lowest BCUT2D eigenvalue weighted by molar-refractivity contribution is 0.170. The van der Waals surface area contributed by atoms with Crippen LogP contribution < -0.4 is 19.5 Å². The van der Waals surface area contributed by atoms with Gasteiger partial charge in [0.2, 0.25) is 0 Å². The van der Waals surface area contributed by atoms with Crippen molar-refractivity contribution < 1.29 is 24.4 Å². The van der Waals surface area contributed by atoms with Gasteiger partial charge < -0.3 is 34.6 Å². The number of aliphatic hydroxyl groups excluding tert-OH is 2. The van der Waals surface area contributed by atoms with Crippen molar-refractivity contribution in [2.24, 2.45) is 0 Å². The molecule has 0 saturated carbocycles. The van der Waals surface area contributed by atoms with Crippen molar-refractivity contribution in [2.75, 3.05) is 39.5 Å². The van der Waals surface area contributed by atoms with Gasteiger partial charge in [0, 0.05) is 34.8 Å². The molecule has 1 fully saturated rings. The number of nitrogens with zero attached hydrogens (tertiary/aromatic N) is 1. The van der Waals surface area contributed by atoms with Crippen LogP contribution in [0.1, 0.15) is 47.1 Å². The summed E-state index contributed by atoms with van der Waals surface area (Å²) in [5.74, 6) is 1.92. The molecule has 5 rings (SSSR count). The van der Waals surface area contributed by atoms with E-state index in [1.165, 1.54) is 25.9 Å². The molecule has 0 aliphatic carbocycles. The summed E-state index contributed by atoms with van der Waals surface area (Å²) in [7, 11) is 0. The van der Waals surface area contributed by atoms with Gasteiger partial charge in [-0.15, -0.1) is 0 Å². The molecule has 4 aromatic carbocycles. The Labute approximate surface area is 304 Å². The van der Waals surface area contributed by atoms with Gasteiger partial charge in [0.05, 0.1) is 30.9 Å². The summed E-state index contributed by atoms with van der Waals surface area (Å²) in [6.45, 7) is 8.80. The van der Waals surface area contributed by atoms with Gasteiger partial charge in [-0.25, -0.2) is 0 Å². The van der Waals surface area contributed by atoms with Gasteiger partial charge in [-0.05, 0) is 110 Å². The van der Waals surface area contributed by atoms with Crippen LogP contribution in [0.25, 0.3) is 11.1 Å². The molecule has 0 atom stereocenters. The SMILES string of the molecule is Cc1c(COc2cc(OCc3cc(Cl)cc(Cl)c3)c(CNC(CO)CO)cc2Cl)cccc1-c1cccc(OCCCN2CCCC2)c1C. The fourth-order valence-corrected chi connectivity index (χ4v) is 6.89. The predicted octanol–water partition coefficient (Wildman–Crippen LogP) is 8.40. The fourth-order valence-electron chi connectivity index (χ4n) is 6.08. The maximum absolute atomic E-state index is 9.54. The summed E-state index contributed by atoms with van der Waals surface area (Å²) in [6, 6.07) is 20.8. The summed E-state index contributed by atoms with van der Waals surface area (Å²) in [5.41, 5.74) is 7.06. The van der Waals surface area contributed by atoms with Crippen LogP contribution in [0.4, 0.5) is 0 Å². The summed E-state index contributed by atoms with van der Waals surface area (Å²) >= 11 is 19.2. The minimum Gasteiger partial charge on any atom is -0.493 e. The number of nitrogens with one attached hydrogen (secondary N) is 1. The summed E-state index contributed by atoms with van der Waals surface area (Å²) in [5, 5.41) is 23.7. The summed E-state index contributed by atoms with van der Waals surface area (Å²) in [4.78, 5) is 2.51. The van der Waals surface area contributed by atoms with E-state index in [9.17, 15) is 10.2 Å². The van der Waals surface area contributed by atoms with Gasteiger partial charge in [0.15, 0.2) is 0 Å². The van der Waals surface area contributed by atoms with Crippen LogP contribution >= 0.6 is 34.8 Å². The topological polar surface area (TPSA) is 83.4 Å². The van der Waals surface area contributed by atoms with Crippen LogP contribution in [0.15, 0.2) is 66.7 Å². The van der Waals surface area contributed by atoms with E-state index in [0.29, 0.717) is 46.3 Å². The smallest absolute Gasteiger partial charge is 0.142 e. The maximum Gasteiger partial charge on any atom is 0.142 e. The molecule has 10 heteroatoms. The first-order chi connectivity index (χ1) is 23.7. The van der Waals surface area contributed by atoms with E-state index in [2.05, 4.69) is 48.3 Å². The monoisotopic (exact) mass is 726 g/mol. The highest BCUT2D eigenvalue weighted by Gasteiger charge is 2.17. The Morgan fingerprint density at radius 1 is 0.735 bits per heavy atom. The van der Waals surface area contributed by atoms with Crippen LogP contribution in [0.5, 0.6) is 17.2 Å². The molecule has 0 unspecified atom stereocenters. The Balaban J connectivity index is 1.31. The zero-order chi connectivity index (χ0) is 34.8. The number of rotatable bonds is 17. The number of halogens is 3. The van der Waals surface area contributed by atoms with Gasteiger partial charge >= 0.3 is 0 Å². The second-order valence-electron chi connectivity index (χ2n) is 12.5. The predicted molar refractivity (Wildman–Crippen MR) is 199 cm³/mol. The molecule has 0 aromatic heterocycles. The Hall–Kier alpha value is -3.01. The molecule has 49 heavy (non-hydrogen) atoms. The van der Waals surface area contributed by atoms with E-state index < -0.39 is 6.04 Å². The van der Waals surface area contributed by atoms with Crippen molar-refractivity contribution in [3.63, 3.8) is 0 Å². The number of benzene rings is 4. The Morgan fingerprint density at radius 2 is 1.41 bits per heavy atom. The van der Waals surface area contributed by atoms with Gasteiger partial charge in [0.25, 0.3) is 0 Å². The molecule has 1 aliphatic rings. The molecule has 0 radical (unpaired) electrons. The summed E-state index contributed by atoms with van der Waals surface area (Å²) in [6.07, 6.45) is 3.62. The lowest BCUT2D eigenvalue weighted by atomic mass is 9.93. The normalized spacial score (nSPS) is 13.3. The third kappa shape index (κ3) is 10.3. The minimum absolute atomic E-state index is 0.208. The lowest BCUT2D eigenvalue weighted by Crippen LogP contribution is -2.35. The van der Waals surface area contributed by atoms with Gasteiger partial charge in [-0.3, -0.25) is 0 Å². The van der Waals surface area contributed by atoms with Crippen LogP contribution in [-0.4, -0.2) is 60.6 Å². The van der Waals surface area contributed by atoms with Crippen molar-refractivity contribution in [1.29, 1.82) is 0 Å². The fraction of sp³-hybridized carbons (Fsp3) is 0.385. The Kier molecular flexibility index (Phi) is 13.9. The molecular weight excluding hydrogens is 683 g/mol. The molecule has 4 aromatic rings. The second kappa shape index (κ2) is 18.3. The van der Waals surface area contributed by atoms with E-state index in [0.717, 1.165) is 57.7 Å². The molecule has 1 aliphatic heterocycles. The van der Waals surface area contributed by atoms with Crippen LogP contribution in [0.2, 0.25) is 15.1 Å². The Morgan fingerprint density at radius 3 is 2.12 bits per heavy atom. The van der Waals surface area contributed by atoms with E-state index in [1.54, 1.807) is 30.3 Å². The molecule has 1 saturated heterocycles. The highest BCUT2D eigenvalue weighted by atomic mass is 35.5. The average Bonchev–Trinajstić information content (AvgIpc) is 3.61. The highest BCUT2D eigenvalue weighted by molar-refractivity contribution is 6.34. The molecule has 7 nitrogen and oxygen atoms in total. The number of ether oxygens (including phenoxy) is 3. The van der Waals surface area contributed by atoms with E-state index in [-0.39, 0.29) is 19.8 Å². The Bertz CT molecular complexity index is 1670. The molecular formula is C39H45Cl3N2O5. The zero-order valence-electron chi connectivity index (χ0n) is 28.1. The van der Waals surface area contributed by atoms with Crippen LogP contribution in [0, 0.1) is 13.8 Å². The third-order valence-corrected chi connectivity index (χ3v) is 9.66. The maximum atomic E-state index is 9.54. The van der Waals surface area contributed by atoms with Crippen molar-refractivity contribution >= 4 is 34.8 Å². The van der Waals surface area contributed by atoms with Crippen molar-refractivity contribution in [3.8, 4) is 28.4 Å². The molecule has 3 N–H and O–H groups in total. The average molecular weight is 728 g/mol. The lowest BCUT2D eigenvalue weighted by Gasteiger charge is -2.19. The molecule has 0 spiro atoms. The second-order valence-corrected chi connectivity index (χ2v) is 13.7. The molecule has 1 heterocycles.